The van der Waals surface area contributed by atoms with Crippen LogP contribution in [-0.2, 0) is 0 Å². The Balaban J connectivity index is 2.41. The molecule has 0 bridgehead atoms. The molecular weight excluding hydrogens is 178 g/mol. The molecule has 0 aliphatic carbocycles. The van der Waals surface area contributed by atoms with Gasteiger partial charge in [0.05, 0.1) is 11.8 Å². The van der Waals surface area contributed by atoms with Crippen LogP contribution in [0.3, 0.4) is 0 Å². The summed E-state index contributed by atoms with van der Waals surface area (Å²) < 4.78 is 4.87. The van der Waals surface area contributed by atoms with E-state index in [9.17, 15) is 4.79 Å². The molecule has 0 aromatic carbocycles. The Morgan fingerprint density at radius 3 is 2.71 bits per heavy atom. The maximum atomic E-state index is 11.9. The van der Waals surface area contributed by atoms with Crippen LogP contribution >= 0.6 is 0 Å². The third-order valence-corrected chi connectivity index (χ3v) is 2.18. The Labute approximate surface area is 81.7 Å². The number of furan rings is 1. The summed E-state index contributed by atoms with van der Waals surface area (Å²) in [6, 6.07) is 3.52. The highest BCUT2D eigenvalue weighted by molar-refractivity contribution is 6.09. The Morgan fingerprint density at radius 2 is 2.21 bits per heavy atom. The van der Waals surface area contributed by atoms with Gasteiger partial charge >= 0.3 is 0 Å². The number of rotatable bonds is 2. The van der Waals surface area contributed by atoms with E-state index in [2.05, 4.69) is 4.98 Å². The minimum absolute atomic E-state index is 0.000556. The first-order chi connectivity index (χ1) is 6.68. The second-order valence-electron chi connectivity index (χ2n) is 3.33. The first-order valence-corrected chi connectivity index (χ1v) is 4.41. The van der Waals surface area contributed by atoms with Gasteiger partial charge in [-0.25, -0.2) is 0 Å². The van der Waals surface area contributed by atoms with E-state index in [0.717, 1.165) is 11.4 Å². The quantitative estimate of drug-likeness (QED) is 0.737. The lowest BCUT2D eigenvalue weighted by Crippen LogP contribution is -1.99. The van der Waals surface area contributed by atoms with Gasteiger partial charge < -0.3 is 9.40 Å². The zero-order valence-electron chi connectivity index (χ0n) is 8.13. The van der Waals surface area contributed by atoms with Crippen molar-refractivity contribution in [2.75, 3.05) is 0 Å². The van der Waals surface area contributed by atoms with Gasteiger partial charge in [0.15, 0.2) is 5.78 Å². The third-order valence-electron chi connectivity index (χ3n) is 2.18. The fraction of sp³-hybridized carbons (Fsp3) is 0.182. The van der Waals surface area contributed by atoms with Crippen LogP contribution in [0.15, 0.2) is 29.1 Å². The maximum absolute atomic E-state index is 11.9. The number of carbonyl (C=O) groups excluding carboxylic acids is 1. The van der Waals surface area contributed by atoms with Gasteiger partial charge in [-0.1, -0.05) is 0 Å². The molecule has 3 nitrogen and oxygen atoms in total. The molecule has 0 saturated carbocycles. The highest BCUT2D eigenvalue weighted by atomic mass is 16.3. The lowest BCUT2D eigenvalue weighted by molar-refractivity contribution is 0.103. The summed E-state index contributed by atoms with van der Waals surface area (Å²) in [6.45, 7) is 3.82. The molecule has 0 fully saturated rings. The highest BCUT2D eigenvalue weighted by Crippen LogP contribution is 2.15. The van der Waals surface area contributed by atoms with Gasteiger partial charge in [-0.05, 0) is 26.0 Å². The first-order valence-electron chi connectivity index (χ1n) is 4.41. The predicted octanol–water partition coefficient (Wildman–Crippen LogP) is 2.46. The van der Waals surface area contributed by atoms with Crippen LogP contribution < -0.4 is 0 Å². The molecule has 14 heavy (non-hydrogen) atoms. The minimum Gasteiger partial charge on any atom is -0.472 e. The molecule has 2 rings (SSSR count). The number of nitrogens with one attached hydrogen (secondary N) is 1. The summed E-state index contributed by atoms with van der Waals surface area (Å²) in [5.41, 5.74) is 3.19. The van der Waals surface area contributed by atoms with E-state index in [1.165, 1.54) is 12.5 Å². The molecule has 0 saturated heterocycles. The number of H-pyrrole nitrogens is 1. The second kappa shape index (κ2) is 3.18. The van der Waals surface area contributed by atoms with Crippen molar-refractivity contribution in [2.24, 2.45) is 0 Å². The molecule has 2 aromatic rings. The molecule has 0 unspecified atom stereocenters. The van der Waals surface area contributed by atoms with E-state index in [4.69, 9.17) is 4.42 Å². The predicted molar refractivity (Wildman–Crippen MR) is 52.4 cm³/mol. The van der Waals surface area contributed by atoms with Crippen molar-refractivity contribution in [3.8, 4) is 0 Å². The molecule has 2 heterocycles. The fourth-order valence-corrected chi connectivity index (χ4v) is 1.51. The van der Waals surface area contributed by atoms with Crippen LogP contribution in [0.1, 0.15) is 27.3 Å². The molecule has 0 spiro atoms. The number of aromatic nitrogens is 1. The van der Waals surface area contributed by atoms with Gasteiger partial charge in [0.1, 0.15) is 6.26 Å². The Bertz CT molecular complexity index is 452. The summed E-state index contributed by atoms with van der Waals surface area (Å²) in [5, 5.41) is 0. The lowest BCUT2D eigenvalue weighted by atomic mass is 10.1. The normalized spacial score (nSPS) is 10.4. The van der Waals surface area contributed by atoms with Crippen molar-refractivity contribution in [1.82, 2.24) is 4.98 Å². The van der Waals surface area contributed by atoms with Gasteiger partial charge in [0.25, 0.3) is 0 Å². The first kappa shape index (κ1) is 8.81. The summed E-state index contributed by atoms with van der Waals surface area (Å²) in [6.07, 6.45) is 2.96. The monoisotopic (exact) mass is 189 g/mol. The van der Waals surface area contributed by atoms with E-state index in [1.54, 1.807) is 6.07 Å². The molecule has 2 aromatic heterocycles. The number of aryl methyl sites for hydroxylation is 2. The number of hydrogen-bond donors (Lipinski definition) is 1. The van der Waals surface area contributed by atoms with E-state index in [0.29, 0.717) is 11.1 Å². The third kappa shape index (κ3) is 1.37. The fourth-order valence-electron chi connectivity index (χ4n) is 1.51. The van der Waals surface area contributed by atoms with Crippen molar-refractivity contribution in [3.63, 3.8) is 0 Å². The Morgan fingerprint density at radius 1 is 1.43 bits per heavy atom. The number of ketones is 1. The van der Waals surface area contributed by atoms with Gasteiger partial charge in [-0.2, -0.15) is 0 Å². The smallest absolute Gasteiger partial charge is 0.198 e. The number of hydrogen-bond acceptors (Lipinski definition) is 2. The standard InChI is InChI=1S/C11H11NO2/c1-7-5-10(8(2)12-7)11(13)9-3-4-14-6-9/h3-6,12H,1-2H3. The van der Waals surface area contributed by atoms with E-state index < -0.39 is 0 Å². The maximum Gasteiger partial charge on any atom is 0.198 e. The summed E-state index contributed by atoms with van der Waals surface area (Å²) in [5.74, 6) is 0.000556. The van der Waals surface area contributed by atoms with Crippen molar-refractivity contribution in [2.45, 2.75) is 13.8 Å². The minimum atomic E-state index is 0.000556. The van der Waals surface area contributed by atoms with Crippen LogP contribution in [-0.4, -0.2) is 10.8 Å². The van der Waals surface area contributed by atoms with Gasteiger partial charge in [-0.3, -0.25) is 4.79 Å². The average Bonchev–Trinajstić information content (AvgIpc) is 2.73. The molecular formula is C11H11NO2. The van der Waals surface area contributed by atoms with E-state index in [-0.39, 0.29) is 5.78 Å². The van der Waals surface area contributed by atoms with Crippen molar-refractivity contribution >= 4 is 5.78 Å². The highest BCUT2D eigenvalue weighted by Gasteiger charge is 2.14. The number of carbonyl (C=O) groups is 1. The van der Waals surface area contributed by atoms with Crippen molar-refractivity contribution in [1.29, 1.82) is 0 Å². The van der Waals surface area contributed by atoms with E-state index in [1.807, 2.05) is 19.9 Å². The van der Waals surface area contributed by atoms with Crippen molar-refractivity contribution in [3.05, 3.63) is 47.2 Å². The average molecular weight is 189 g/mol. The lowest BCUT2D eigenvalue weighted by Gasteiger charge is -1.94. The zero-order valence-corrected chi connectivity index (χ0v) is 8.13. The summed E-state index contributed by atoms with van der Waals surface area (Å²) >= 11 is 0. The molecule has 0 atom stereocenters. The zero-order chi connectivity index (χ0) is 10.1. The van der Waals surface area contributed by atoms with Gasteiger partial charge in [0.2, 0.25) is 0 Å². The van der Waals surface area contributed by atoms with Crippen LogP contribution in [0.4, 0.5) is 0 Å². The van der Waals surface area contributed by atoms with Crippen LogP contribution in [0.5, 0.6) is 0 Å². The summed E-state index contributed by atoms with van der Waals surface area (Å²) in [7, 11) is 0. The Kier molecular flexibility index (Phi) is 2.00. The SMILES string of the molecule is Cc1cc(C(=O)c2ccoc2)c(C)[nH]1. The second-order valence-corrected chi connectivity index (χ2v) is 3.33. The molecule has 0 aliphatic rings. The molecule has 0 aliphatic heterocycles. The van der Waals surface area contributed by atoms with Gasteiger partial charge in [0, 0.05) is 17.0 Å². The largest absolute Gasteiger partial charge is 0.472 e. The van der Waals surface area contributed by atoms with Crippen LogP contribution in [0, 0.1) is 13.8 Å². The summed E-state index contributed by atoms with van der Waals surface area (Å²) in [4.78, 5) is 15.0. The molecule has 72 valence electrons. The van der Waals surface area contributed by atoms with E-state index >= 15 is 0 Å². The Hall–Kier alpha value is -1.77. The van der Waals surface area contributed by atoms with Gasteiger partial charge in [-0.15, -0.1) is 0 Å². The number of aromatic amines is 1. The molecule has 0 radical (unpaired) electrons. The topological polar surface area (TPSA) is 46.0 Å². The molecule has 0 amide bonds. The van der Waals surface area contributed by atoms with Crippen LogP contribution in [0.2, 0.25) is 0 Å². The molecule has 3 heteroatoms. The van der Waals surface area contributed by atoms with Crippen LogP contribution in [0.25, 0.3) is 0 Å². The van der Waals surface area contributed by atoms with Crippen molar-refractivity contribution < 1.29 is 9.21 Å². The molecule has 1 N–H and O–H groups in total.